The summed E-state index contributed by atoms with van der Waals surface area (Å²) in [4.78, 5) is 13.4. The van der Waals surface area contributed by atoms with Gasteiger partial charge in [0.1, 0.15) is 0 Å². The Labute approximate surface area is 144 Å². The SMILES string of the molecule is CN(C)C(=O)c1ccc(Cl)c(NS(=O)(=O)c2ccc(Cl)cc2)c1. The summed E-state index contributed by atoms with van der Waals surface area (Å²) < 4.78 is 27.1. The van der Waals surface area contributed by atoms with Crippen molar-refractivity contribution in [1.82, 2.24) is 4.90 Å². The van der Waals surface area contributed by atoms with E-state index in [0.29, 0.717) is 10.6 Å². The van der Waals surface area contributed by atoms with Crippen LogP contribution < -0.4 is 4.72 Å². The van der Waals surface area contributed by atoms with Crippen molar-refractivity contribution in [2.75, 3.05) is 18.8 Å². The van der Waals surface area contributed by atoms with Crippen molar-refractivity contribution in [1.29, 1.82) is 0 Å². The van der Waals surface area contributed by atoms with Crippen molar-refractivity contribution < 1.29 is 13.2 Å². The van der Waals surface area contributed by atoms with E-state index in [0.717, 1.165) is 0 Å². The van der Waals surface area contributed by atoms with Crippen LogP contribution in [0, 0.1) is 0 Å². The predicted molar refractivity (Wildman–Crippen MR) is 91.7 cm³/mol. The molecule has 0 aliphatic rings. The summed E-state index contributed by atoms with van der Waals surface area (Å²) in [5, 5.41) is 0.624. The summed E-state index contributed by atoms with van der Waals surface area (Å²) >= 11 is 11.8. The van der Waals surface area contributed by atoms with E-state index in [4.69, 9.17) is 23.2 Å². The zero-order valence-electron chi connectivity index (χ0n) is 12.4. The number of sulfonamides is 1. The number of nitrogens with one attached hydrogen (secondary N) is 1. The molecule has 0 spiro atoms. The van der Waals surface area contributed by atoms with Gasteiger partial charge in [-0.15, -0.1) is 0 Å². The number of nitrogens with zero attached hydrogens (tertiary/aromatic N) is 1. The van der Waals surface area contributed by atoms with Crippen LogP contribution in [0.1, 0.15) is 10.4 Å². The highest BCUT2D eigenvalue weighted by Gasteiger charge is 2.17. The number of hydrogen-bond donors (Lipinski definition) is 1. The van der Waals surface area contributed by atoms with Crippen molar-refractivity contribution in [2.45, 2.75) is 4.90 Å². The lowest BCUT2D eigenvalue weighted by Gasteiger charge is -2.13. The average molecular weight is 373 g/mol. The zero-order valence-corrected chi connectivity index (χ0v) is 14.7. The lowest BCUT2D eigenvalue weighted by Crippen LogP contribution is -2.22. The first-order valence-corrected chi connectivity index (χ1v) is 8.74. The predicted octanol–water partition coefficient (Wildman–Crippen LogP) is 3.50. The largest absolute Gasteiger partial charge is 0.345 e. The van der Waals surface area contributed by atoms with Gasteiger partial charge in [0.2, 0.25) is 0 Å². The van der Waals surface area contributed by atoms with Crippen LogP contribution in [0.2, 0.25) is 10.0 Å². The summed E-state index contributed by atoms with van der Waals surface area (Å²) in [7, 11) is -0.622. The number of hydrogen-bond acceptors (Lipinski definition) is 3. The molecule has 0 saturated heterocycles. The van der Waals surface area contributed by atoms with Gasteiger partial charge < -0.3 is 4.90 Å². The van der Waals surface area contributed by atoms with Gasteiger partial charge in [-0.05, 0) is 42.5 Å². The van der Waals surface area contributed by atoms with Gasteiger partial charge in [-0.3, -0.25) is 9.52 Å². The Balaban J connectivity index is 2.37. The maximum atomic E-state index is 12.4. The van der Waals surface area contributed by atoms with Crippen molar-refractivity contribution in [3.05, 3.63) is 58.1 Å². The van der Waals surface area contributed by atoms with Crippen molar-refractivity contribution in [3.8, 4) is 0 Å². The number of benzene rings is 2. The fourth-order valence-corrected chi connectivity index (χ4v) is 3.23. The van der Waals surface area contributed by atoms with Crippen LogP contribution in [0.15, 0.2) is 47.4 Å². The van der Waals surface area contributed by atoms with Gasteiger partial charge in [0.25, 0.3) is 15.9 Å². The van der Waals surface area contributed by atoms with E-state index >= 15 is 0 Å². The van der Waals surface area contributed by atoms with Gasteiger partial charge >= 0.3 is 0 Å². The van der Waals surface area contributed by atoms with Crippen LogP contribution in [0.25, 0.3) is 0 Å². The minimum Gasteiger partial charge on any atom is -0.345 e. The summed E-state index contributed by atoms with van der Waals surface area (Å²) in [6, 6.07) is 10.1. The maximum absolute atomic E-state index is 12.4. The smallest absolute Gasteiger partial charge is 0.261 e. The number of rotatable bonds is 4. The van der Waals surface area contributed by atoms with Gasteiger partial charge in [-0.2, -0.15) is 0 Å². The van der Waals surface area contributed by atoms with E-state index in [2.05, 4.69) is 4.72 Å². The van der Waals surface area contributed by atoms with Gasteiger partial charge in [-0.1, -0.05) is 23.2 Å². The maximum Gasteiger partial charge on any atom is 0.261 e. The zero-order chi connectivity index (χ0) is 17.2. The Hall–Kier alpha value is -1.76. The third-order valence-electron chi connectivity index (χ3n) is 2.99. The molecule has 0 radical (unpaired) electrons. The van der Waals surface area contributed by atoms with Crippen LogP contribution in [0.5, 0.6) is 0 Å². The molecule has 2 rings (SSSR count). The fraction of sp³-hybridized carbons (Fsp3) is 0.133. The van der Waals surface area contributed by atoms with Gasteiger partial charge in [0, 0.05) is 24.7 Å². The average Bonchev–Trinajstić information content (AvgIpc) is 2.49. The third kappa shape index (κ3) is 4.16. The van der Waals surface area contributed by atoms with Crippen LogP contribution in [-0.2, 0) is 10.0 Å². The topological polar surface area (TPSA) is 66.5 Å². The van der Waals surface area contributed by atoms with E-state index in [1.807, 2.05) is 0 Å². The molecule has 0 heterocycles. The number of amides is 1. The highest BCUT2D eigenvalue weighted by atomic mass is 35.5. The second kappa shape index (κ2) is 6.78. The normalized spacial score (nSPS) is 11.1. The number of anilines is 1. The van der Waals surface area contributed by atoms with E-state index in [-0.39, 0.29) is 21.5 Å². The Bertz CT molecular complexity index is 834. The molecule has 0 aliphatic heterocycles. The summed E-state index contributed by atoms with van der Waals surface area (Å²) in [6.07, 6.45) is 0. The molecule has 1 N–H and O–H groups in total. The van der Waals surface area contributed by atoms with Crippen molar-refractivity contribution in [3.63, 3.8) is 0 Å². The Morgan fingerprint density at radius 1 is 1.04 bits per heavy atom. The molecule has 0 unspecified atom stereocenters. The molecule has 0 fully saturated rings. The molecule has 8 heteroatoms. The molecule has 23 heavy (non-hydrogen) atoms. The quantitative estimate of drug-likeness (QED) is 0.892. The van der Waals surface area contributed by atoms with Crippen molar-refractivity contribution >= 4 is 44.8 Å². The Morgan fingerprint density at radius 2 is 1.65 bits per heavy atom. The van der Waals surface area contributed by atoms with Crippen molar-refractivity contribution in [2.24, 2.45) is 0 Å². The lowest BCUT2D eigenvalue weighted by atomic mass is 10.2. The summed E-state index contributed by atoms with van der Waals surface area (Å²) in [5.41, 5.74) is 0.461. The Morgan fingerprint density at radius 3 is 2.22 bits per heavy atom. The van der Waals surface area contributed by atoms with Crippen LogP contribution in [0.3, 0.4) is 0 Å². The van der Waals surface area contributed by atoms with E-state index < -0.39 is 10.0 Å². The molecule has 0 atom stereocenters. The standard InChI is InChI=1S/C15H14Cl2N2O3S/c1-19(2)15(20)10-3-8-13(17)14(9-10)18-23(21,22)12-6-4-11(16)5-7-12/h3-9,18H,1-2H3. The van der Waals surface area contributed by atoms with Crippen LogP contribution in [-0.4, -0.2) is 33.3 Å². The molecule has 0 aliphatic carbocycles. The van der Waals surface area contributed by atoms with E-state index in [1.54, 1.807) is 14.1 Å². The molecule has 1 amide bonds. The molecule has 122 valence electrons. The van der Waals surface area contributed by atoms with Gasteiger partial charge in [0.05, 0.1) is 15.6 Å². The fourth-order valence-electron chi connectivity index (χ4n) is 1.81. The molecule has 0 aromatic heterocycles. The Kier molecular flexibility index (Phi) is 5.19. The number of halogens is 2. The molecule has 2 aromatic rings. The molecule has 2 aromatic carbocycles. The van der Waals surface area contributed by atoms with Crippen LogP contribution >= 0.6 is 23.2 Å². The molecular formula is C15H14Cl2N2O3S. The highest BCUT2D eigenvalue weighted by molar-refractivity contribution is 7.92. The van der Waals surface area contributed by atoms with Gasteiger partial charge in [0.15, 0.2) is 0 Å². The second-order valence-corrected chi connectivity index (χ2v) is 7.48. The number of carbonyl (C=O) groups is 1. The third-order valence-corrected chi connectivity index (χ3v) is 4.95. The minimum absolute atomic E-state index is 0.0438. The first-order valence-electron chi connectivity index (χ1n) is 6.50. The minimum atomic E-state index is -3.83. The second-order valence-electron chi connectivity index (χ2n) is 4.95. The van der Waals surface area contributed by atoms with Gasteiger partial charge in [-0.25, -0.2) is 8.42 Å². The van der Waals surface area contributed by atoms with E-state index in [9.17, 15) is 13.2 Å². The number of carbonyl (C=O) groups excluding carboxylic acids is 1. The molecule has 0 saturated carbocycles. The lowest BCUT2D eigenvalue weighted by molar-refractivity contribution is 0.0827. The summed E-state index contributed by atoms with van der Waals surface area (Å²) in [5.74, 6) is -0.256. The molecule has 0 bridgehead atoms. The first-order chi connectivity index (χ1) is 10.7. The monoisotopic (exact) mass is 372 g/mol. The van der Waals surface area contributed by atoms with E-state index in [1.165, 1.54) is 47.4 Å². The summed E-state index contributed by atoms with van der Waals surface area (Å²) in [6.45, 7) is 0. The molecule has 5 nitrogen and oxygen atoms in total. The first kappa shape index (κ1) is 17.6. The molecular weight excluding hydrogens is 359 g/mol. The van der Waals surface area contributed by atoms with Crippen LogP contribution in [0.4, 0.5) is 5.69 Å². The highest BCUT2D eigenvalue weighted by Crippen LogP contribution is 2.26.